The van der Waals surface area contributed by atoms with Crippen LogP contribution >= 0.6 is 11.6 Å². The molecule has 0 aliphatic carbocycles. The zero-order valence-corrected chi connectivity index (χ0v) is 7.06. The monoisotopic (exact) mass is 177 g/mol. The van der Waals surface area contributed by atoms with Crippen molar-refractivity contribution < 1.29 is 9.53 Å². The summed E-state index contributed by atoms with van der Waals surface area (Å²) in [5.41, 5.74) is 0. The van der Waals surface area contributed by atoms with Gasteiger partial charge in [0.05, 0.1) is 0 Å². The Hall–Kier alpha value is -0.280. The van der Waals surface area contributed by atoms with Crippen molar-refractivity contribution in [1.82, 2.24) is 5.32 Å². The first-order valence-corrected chi connectivity index (χ1v) is 4.18. The van der Waals surface area contributed by atoms with Crippen LogP contribution in [0.2, 0.25) is 0 Å². The van der Waals surface area contributed by atoms with Crippen LogP contribution in [0.15, 0.2) is 0 Å². The van der Waals surface area contributed by atoms with Crippen molar-refractivity contribution in [3.05, 3.63) is 0 Å². The third kappa shape index (κ3) is 3.58. The van der Waals surface area contributed by atoms with Gasteiger partial charge in [-0.25, -0.2) is 0 Å². The number of amides is 1. The molecule has 4 heteroatoms. The molecule has 0 spiro atoms. The largest absolute Gasteiger partial charge is 0.381 e. The Morgan fingerprint density at radius 2 is 2.18 bits per heavy atom. The van der Waals surface area contributed by atoms with Crippen molar-refractivity contribution in [1.29, 1.82) is 0 Å². The van der Waals surface area contributed by atoms with E-state index in [4.69, 9.17) is 16.3 Å². The minimum absolute atomic E-state index is 0.462. The van der Waals surface area contributed by atoms with Crippen LogP contribution in [-0.4, -0.2) is 25.1 Å². The fourth-order valence-electron chi connectivity index (χ4n) is 1.18. The molecule has 1 rings (SSSR count). The molecule has 1 N–H and O–H groups in total. The molecule has 1 fully saturated rings. The number of hydrogen-bond donors (Lipinski definition) is 1. The molecule has 3 nitrogen and oxygen atoms in total. The molecule has 0 aromatic carbocycles. The van der Waals surface area contributed by atoms with Crippen molar-refractivity contribution in [3.63, 3.8) is 0 Å². The molecule has 0 aromatic heterocycles. The van der Waals surface area contributed by atoms with E-state index in [0.29, 0.717) is 12.5 Å². The summed E-state index contributed by atoms with van der Waals surface area (Å²) >= 11 is 5.12. The van der Waals surface area contributed by atoms with Gasteiger partial charge in [-0.3, -0.25) is 4.79 Å². The van der Waals surface area contributed by atoms with E-state index >= 15 is 0 Å². The van der Waals surface area contributed by atoms with Crippen molar-refractivity contribution in [2.45, 2.75) is 12.8 Å². The highest BCUT2D eigenvalue weighted by Gasteiger charge is 2.13. The van der Waals surface area contributed by atoms with Crippen LogP contribution in [0, 0.1) is 5.92 Å². The molecule has 64 valence electrons. The number of nitrogens with one attached hydrogen (secondary N) is 1. The van der Waals surface area contributed by atoms with Crippen LogP contribution in [0.5, 0.6) is 0 Å². The summed E-state index contributed by atoms with van der Waals surface area (Å²) in [6.07, 6.45) is 2.05. The number of carbonyl (C=O) groups excluding carboxylic acids is 1. The molecular formula is C7H12ClNO2. The zero-order chi connectivity index (χ0) is 8.10. The van der Waals surface area contributed by atoms with Gasteiger partial charge in [-0.1, -0.05) is 0 Å². The summed E-state index contributed by atoms with van der Waals surface area (Å²) in [7, 11) is 0. The second-order valence-corrected chi connectivity index (χ2v) is 3.05. The standard InChI is InChI=1S/C7H12ClNO2/c8-7(10)9-5-6-1-3-11-4-2-6/h6H,1-5H2,(H,9,10). The maximum Gasteiger partial charge on any atom is 0.313 e. The smallest absolute Gasteiger partial charge is 0.313 e. The lowest BCUT2D eigenvalue weighted by molar-refractivity contribution is 0.0672. The highest BCUT2D eigenvalue weighted by molar-refractivity contribution is 6.62. The highest BCUT2D eigenvalue weighted by atomic mass is 35.5. The number of ether oxygens (including phenoxy) is 1. The fraction of sp³-hybridized carbons (Fsp3) is 0.857. The summed E-state index contributed by atoms with van der Waals surface area (Å²) in [6.45, 7) is 2.30. The summed E-state index contributed by atoms with van der Waals surface area (Å²) < 4.78 is 5.16. The summed E-state index contributed by atoms with van der Waals surface area (Å²) in [5, 5.41) is 2.12. The zero-order valence-electron chi connectivity index (χ0n) is 6.31. The first-order chi connectivity index (χ1) is 5.29. The van der Waals surface area contributed by atoms with Crippen molar-refractivity contribution >= 4 is 17.0 Å². The summed E-state index contributed by atoms with van der Waals surface area (Å²) in [4.78, 5) is 10.3. The Balaban J connectivity index is 2.09. The van der Waals surface area contributed by atoms with E-state index < -0.39 is 5.37 Å². The Morgan fingerprint density at radius 3 is 2.73 bits per heavy atom. The number of halogens is 1. The quantitative estimate of drug-likeness (QED) is 0.511. The van der Waals surface area contributed by atoms with E-state index in [1.807, 2.05) is 0 Å². The van der Waals surface area contributed by atoms with Crippen LogP contribution in [0.4, 0.5) is 4.79 Å². The molecular weight excluding hydrogens is 166 g/mol. The van der Waals surface area contributed by atoms with Crippen LogP contribution < -0.4 is 5.32 Å². The van der Waals surface area contributed by atoms with Crippen molar-refractivity contribution in [3.8, 4) is 0 Å². The van der Waals surface area contributed by atoms with E-state index in [1.165, 1.54) is 0 Å². The molecule has 1 aliphatic rings. The summed E-state index contributed by atoms with van der Waals surface area (Å²) in [5.74, 6) is 0.548. The van der Waals surface area contributed by atoms with Gasteiger partial charge in [0.15, 0.2) is 0 Å². The topological polar surface area (TPSA) is 38.3 Å². The lowest BCUT2D eigenvalue weighted by Crippen LogP contribution is -2.28. The molecule has 0 radical (unpaired) electrons. The first-order valence-electron chi connectivity index (χ1n) is 3.80. The lowest BCUT2D eigenvalue weighted by atomic mass is 10.0. The van der Waals surface area contributed by atoms with Gasteiger partial charge < -0.3 is 10.1 Å². The molecule has 1 amide bonds. The Morgan fingerprint density at radius 1 is 1.55 bits per heavy atom. The second kappa shape index (κ2) is 4.57. The van der Waals surface area contributed by atoms with Crippen LogP contribution in [0.3, 0.4) is 0 Å². The maximum atomic E-state index is 10.3. The molecule has 0 unspecified atom stereocenters. The van der Waals surface area contributed by atoms with Crippen molar-refractivity contribution in [2.24, 2.45) is 5.92 Å². The van der Waals surface area contributed by atoms with Crippen LogP contribution in [-0.2, 0) is 4.74 Å². The minimum atomic E-state index is -0.462. The molecule has 0 bridgehead atoms. The molecule has 1 saturated heterocycles. The predicted octanol–water partition coefficient (Wildman–Crippen LogP) is 1.36. The van der Waals surface area contributed by atoms with Gasteiger partial charge in [-0.2, -0.15) is 0 Å². The Kier molecular flexibility index (Phi) is 3.66. The van der Waals surface area contributed by atoms with E-state index in [2.05, 4.69) is 5.32 Å². The Labute approximate surface area is 71.1 Å². The third-order valence-corrected chi connectivity index (χ3v) is 2.00. The van der Waals surface area contributed by atoms with Gasteiger partial charge in [0.2, 0.25) is 0 Å². The molecule has 1 heterocycles. The highest BCUT2D eigenvalue weighted by Crippen LogP contribution is 2.13. The third-order valence-electron chi connectivity index (χ3n) is 1.87. The van der Waals surface area contributed by atoms with E-state index in [-0.39, 0.29) is 0 Å². The summed E-state index contributed by atoms with van der Waals surface area (Å²) in [6, 6.07) is 0. The van der Waals surface area contributed by atoms with E-state index in [1.54, 1.807) is 0 Å². The fourth-order valence-corrected chi connectivity index (χ4v) is 1.25. The van der Waals surface area contributed by atoms with Gasteiger partial charge in [0, 0.05) is 19.8 Å². The molecule has 11 heavy (non-hydrogen) atoms. The van der Waals surface area contributed by atoms with Crippen molar-refractivity contribution in [2.75, 3.05) is 19.8 Å². The first kappa shape index (κ1) is 8.81. The average Bonchev–Trinajstić information content (AvgIpc) is 2.03. The lowest BCUT2D eigenvalue weighted by Gasteiger charge is -2.21. The number of rotatable bonds is 2. The average molecular weight is 178 g/mol. The van der Waals surface area contributed by atoms with Gasteiger partial charge >= 0.3 is 5.37 Å². The SMILES string of the molecule is O=C(Cl)NCC1CCOCC1. The van der Waals surface area contributed by atoms with Crippen LogP contribution in [0.1, 0.15) is 12.8 Å². The van der Waals surface area contributed by atoms with Crippen LogP contribution in [0.25, 0.3) is 0 Å². The molecule has 0 aromatic rings. The number of carbonyl (C=O) groups is 1. The normalized spacial score (nSPS) is 19.7. The van der Waals surface area contributed by atoms with Gasteiger partial charge in [-0.15, -0.1) is 0 Å². The molecule has 0 atom stereocenters. The maximum absolute atomic E-state index is 10.3. The molecule has 1 aliphatic heterocycles. The second-order valence-electron chi connectivity index (χ2n) is 2.71. The van der Waals surface area contributed by atoms with Gasteiger partial charge in [0.1, 0.15) is 0 Å². The minimum Gasteiger partial charge on any atom is -0.381 e. The number of hydrogen-bond acceptors (Lipinski definition) is 2. The Bertz CT molecular complexity index is 134. The molecule has 0 saturated carbocycles. The predicted molar refractivity (Wildman–Crippen MR) is 42.8 cm³/mol. The van der Waals surface area contributed by atoms with E-state index in [0.717, 1.165) is 26.1 Å². The van der Waals surface area contributed by atoms with Gasteiger partial charge in [0.25, 0.3) is 0 Å². The van der Waals surface area contributed by atoms with Gasteiger partial charge in [-0.05, 0) is 30.4 Å². The van der Waals surface area contributed by atoms with E-state index in [9.17, 15) is 4.79 Å².